The smallest absolute Gasteiger partial charge is 0.246 e. The molecule has 3 rings (SSSR count). The van der Waals surface area contributed by atoms with Gasteiger partial charge in [0.1, 0.15) is 5.75 Å². The van der Waals surface area contributed by atoms with Crippen LogP contribution in [0.1, 0.15) is 18.1 Å². The maximum atomic E-state index is 12.2. The van der Waals surface area contributed by atoms with Crippen LogP contribution in [0.4, 0.5) is 0 Å². The van der Waals surface area contributed by atoms with Crippen molar-refractivity contribution in [2.45, 2.75) is 19.4 Å². The number of benzene rings is 1. The van der Waals surface area contributed by atoms with Crippen molar-refractivity contribution in [3.8, 4) is 5.75 Å². The molecule has 2 aliphatic heterocycles. The number of nitrogens with zero attached hydrogens (tertiary/aromatic N) is 1. The van der Waals surface area contributed by atoms with Gasteiger partial charge in [-0.3, -0.25) is 4.79 Å². The largest absolute Gasteiger partial charge is 0.493 e. The Morgan fingerprint density at radius 2 is 2.33 bits per heavy atom. The first-order valence-corrected chi connectivity index (χ1v) is 7.19. The number of hydrogen-bond acceptors (Lipinski definition) is 3. The highest BCUT2D eigenvalue weighted by atomic mass is 35.5. The third-order valence-electron chi connectivity index (χ3n) is 3.92. The van der Waals surface area contributed by atoms with Gasteiger partial charge in [-0.05, 0) is 36.3 Å². The minimum absolute atomic E-state index is 0. The van der Waals surface area contributed by atoms with E-state index in [1.807, 2.05) is 23.1 Å². The van der Waals surface area contributed by atoms with E-state index in [-0.39, 0.29) is 24.4 Å². The topological polar surface area (TPSA) is 41.6 Å². The standard InChI is InChI=1S/C16H20N2O2.ClH/c1-12-11-17-7-8-18(12)16(19)5-3-13-2-4-15-14(10-13)6-9-20-15;/h2-5,10,12,17H,6-9,11H2,1H3;1H. The van der Waals surface area contributed by atoms with E-state index in [0.29, 0.717) is 0 Å². The van der Waals surface area contributed by atoms with Gasteiger partial charge in [-0.15, -0.1) is 12.4 Å². The molecule has 0 aromatic heterocycles. The van der Waals surface area contributed by atoms with Gasteiger partial charge in [0, 0.05) is 38.2 Å². The van der Waals surface area contributed by atoms with Crippen molar-refractivity contribution in [3.05, 3.63) is 35.4 Å². The lowest BCUT2D eigenvalue weighted by Gasteiger charge is -2.33. The third-order valence-corrected chi connectivity index (χ3v) is 3.92. The molecule has 1 saturated heterocycles. The van der Waals surface area contributed by atoms with Gasteiger partial charge < -0.3 is 15.0 Å². The van der Waals surface area contributed by atoms with Crippen LogP contribution in [0.2, 0.25) is 0 Å². The average Bonchev–Trinajstić information content (AvgIpc) is 2.92. The molecule has 21 heavy (non-hydrogen) atoms. The summed E-state index contributed by atoms with van der Waals surface area (Å²) in [5.41, 5.74) is 2.29. The first-order valence-electron chi connectivity index (χ1n) is 7.19. The summed E-state index contributed by atoms with van der Waals surface area (Å²) >= 11 is 0. The molecule has 4 nitrogen and oxygen atoms in total. The Balaban J connectivity index is 0.00000161. The fourth-order valence-electron chi connectivity index (χ4n) is 2.74. The maximum Gasteiger partial charge on any atom is 0.246 e. The van der Waals surface area contributed by atoms with Crippen molar-refractivity contribution in [3.63, 3.8) is 0 Å². The molecule has 1 atom stereocenters. The summed E-state index contributed by atoms with van der Waals surface area (Å²) in [6, 6.07) is 6.34. The number of fused-ring (bicyclic) bond motifs is 1. The summed E-state index contributed by atoms with van der Waals surface area (Å²) < 4.78 is 5.48. The van der Waals surface area contributed by atoms with E-state index in [4.69, 9.17) is 4.74 Å². The second-order valence-electron chi connectivity index (χ2n) is 5.38. The van der Waals surface area contributed by atoms with Crippen LogP contribution in [0.5, 0.6) is 5.75 Å². The van der Waals surface area contributed by atoms with Crippen LogP contribution >= 0.6 is 12.4 Å². The van der Waals surface area contributed by atoms with E-state index in [1.165, 1.54) is 5.56 Å². The second-order valence-corrected chi connectivity index (χ2v) is 5.38. The molecule has 2 aliphatic rings. The molecule has 1 N–H and O–H groups in total. The average molecular weight is 309 g/mol. The van der Waals surface area contributed by atoms with Crippen LogP contribution < -0.4 is 10.1 Å². The summed E-state index contributed by atoms with van der Waals surface area (Å²) in [6.45, 7) is 5.36. The molecule has 0 aliphatic carbocycles. The Bertz CT molecular complexity index is 545. The number of halogens is 1. The number of piperazine rings is 1. The monoisotopic (exact) mass is 308 g/mol. The quantitative estimate of drug-likeness (QED) is 0.848. The number of hydrogen-bond donors (Lipinski definition) is 1. The number of ether oxygens (including phenoxy) is 1. The highest BCUT2D eigenvalue weighted by Crippen LogP contribution is 2.26. The molecule has 114 valence electrons. The molecule has 0 spiro atoms. The molecule has 0 radical (unpaired) electrons. The van der Waals surface area contributed by atoms with Gasteiger partial charge in [0.15, 0.2) is 0 Å². The summed E-state index contributed by atoms with van der Waals surface area (Å²) in [6.07, 6.45) is 4.54. The zero-order chi connectivity index (χ0) is 13.9. The highest BCUT2D eigenvalue weighted by Gasteiger charge is 2.20. The molecule has 1 fully saturated rings. The minimum atomic E-state index is 0. The Kier molecular flexibility index (Phi) is 5.26. The zero-order valence-electron chi connectivity index (χ0n) is 12.2. The van der Waals surface area contributed by atoms with Gasteiger partial charge in [0.05, 0.1) is 6.61 Å². The molecular weight excluding hydrogens is 288 g/mol. The lowest BCUT2D eigenvalue weighted by Crippen LogP contribution is -2.51. The Morgan fingerprint density at radius 3 is 3.14 bits per heavy atom. The van der Waals surface area contributed by atoms with Crippen LogP contribution in [0.15, 0.2) is 24.3 Å². The molecule has 2 heterocycles. The predicted octanol–water partition coefficient (Wildman–Crippen LogP) is 1.88. The van der Waals surface area contributed by atoms with Crippen LogP contribution in [0.3, 0.4) is 0 Å². The third kappa shape index (κ3) is 3.57. The fourth-order valence-corrected chi connectivity index (χ4v) is 2.74. The van der Waals surface area contributed by atoms with E-state index in [9.17, 15) is 4.79 Å². The molecule has 1 unspecified atom stereocenters. The number of rotatable bonds is 2. The summed E-state index contributed by atoms with van der Waals surface area (Å²) in [5.74, 6) is 1.07. The zero-order valence-corrected chi connectivity index (χ0v) is 13.0. The molecule has 1 aromatic rings. The van der Waals surface area contributed by atoms with Gasteiger partial charge in [-0.2, -0.15) is 0 Å². The summed E-state index contributed by atoms with van der Waals surface area (Å²) in [5, 5.41) is 3.29. The first kappa shape index (κ1) is 15.9. The number of carbonyl (C=O) groups excluding carboxylic acids is 1. The van der Waals surface area contributed by atoms with Crippen molar-refractivity contribution < 1.29 is 9.53 Å². The predicted molar refractivity (Wildman–Crippen MR) is 86.0 cm³/mol. The Labute approximate surface area is 131 Å². The van der Waals surface area contributed by atoms with Crippen LogP contribution in [-0.4, -0.2) is 43.1 Å². The van der Waals surface area contributed by atoms with Crippen LogP contribution in [-0.2, 0) is 11.2 Å². The molecule has 1 aromatic carbocycles. The van der Waals surface area contributed by atoms with Crippen LogP contribution in [0, 0.1) is 0 Å². The van der Waals surface area contributed by atoms with Crippen LogP contribution in [0.25, 0.3) is 6.08 Å². The molecule has 1 amide bonds. The van der Waals surface area contributed by atoms with E-state index < -0.39 is 0 Å². The van der Waals surface area contributed by atoms with Crippen molar-refractivity contribution >= 4 is 24.4 Å². The minimum Gasteiger partial charge on any atom is -0.493 e. The van der Waals surface area contributed by atoms with Gasteiger partial charge in [0.2, 0.25) is 5.91 Å². The molecule has 0 saturated carbocycles. The molecule has 5 heteroatoms. The molecular formula is C16H21ClN2O2. The number of carbonyl (C=O) groups is 1. The normalized spacial score (nSPS) is 20.8. The number of amides is 1. The summed E-state index contributed by atoms with van der Waals surface area (Å²) in [7, 11) is 0. The lowest BCUT2D eigenvalue weighted by molar-refractivity contribution is -0.128. The van der Waals surface area contributed by atoms with Gasteiger partial charge in [-0.25, -0.2) is 0 Å². The Hall–Kier alpha value is -1.52. The molecule has 0 bridgehead atoms. The first-order chi connectivity index (χ1) is 9.74. The fraction of sp³-hybridized carbons (Fsp3) is 0.438. The van der Waals surface area contributed by atoms with Gasteiger partial charge in [0.25, 0.3) is 0 Å². The van der Waals surface area contributed by atoms with E-state index in [2.05, 4.69) is 18.3 Å². The van der Waals surface area contributed by atoms with E-state index in [0.717, 1.165) is 44.0 Å². The van der Waals surface area contributed by atoms with E-state index >= 15 is 0 Å². The van der Waals surface area contributed by atoms with Crippen molar-refractivity contribution in [1.29, 1.82) is 0 Å². The maximum absolute atomic E-state index is 12.2. The lowest BCUT2D eigenvalue weighted by atomic mass is 10.1. The second kappa shape index (κ2) is 6.96. The Morgan fingerprint density at radius 1 is 1.48 bits per heavy atom. The van der Waals surface area contributed by atoms with Gasteiger partial charge in [-0.1, -0.05) is 6.07 Å². The van der Waals surface area contributed by atoms with Crippen molar-refractivity contribution in [2.75, 3.05) is 26.2 Å². The van der Waals surface area contributed by atoms with Crippen molar-refractivity contribution in [2.24, 2.45) is 0 Å². The SMILES string of the molecule is CC1CNCCN1C(=O)C=Cc1ccc2c(c1)CCO2.Cl. The highest BCUT2D eigenvalue weighted by molar-refractivity contribution is 5.92. The van der Waals surface area contributed by atoms with Crippen molar-refractivity contribution in [1.82, 2.24) is 10.2 Å². The van der Waals surface area contributed by atoms with E-state index in [1.54, 1.807) is 6.08 Å². The number of nitrogens with one attached hydrogen (secondary N) is 1. The van der Waals surface area contributed by atoms with Gasteiger partial charge >= 0.3 is 0 Å². The summed E-state index contributed by atoms with van der Waals surface area (Å²) in [4.78, 5) is 14.1.